The highest BCUT2D eigenvalue weighted by molar-refractivity contribution is 7.99. The fourth-order valence-corrected chi connectivity index (χ4v) is 4.92. The standard InChI is InChI=1S/C27H23N5O5S2/c1-36-19-11-12-24(37-2)21(14-19)25-22(15-28)26(30-18-9-6-10-20(13-18)39(29,34)35)32-27(31-25)38-16-23(33)17-7-4-3-5-8-17/h3-14H,16H2,1-2H3,(H2,29,34,35)(H,30,31,32). The first-order valence-electron chi connectivity index (χ1n) is 11.4. The number of benzene rings is 3. The molecule has 0 bridgehead atoms. The molecule has 198 valence electrons. The van der Waals surface area contributed by atoms with Gasteiger partial charge in [0.2, 0.25) is 10.0 Å². The molecule has 0 aliphatic rings. The third-order valence-electron chi connectivity index (χ3n) is 5.52. The molecule has 0 atom stereocenters. The summed E-state index contributed by atoms with van der Waals surface area (Å²) in [4.78, 5) is 21.7. The van der Waals surface area contributed by atoms with Crippen LogP contribution in [0.1, 0.15) is 15.9 Å². The van der Waals surface area contributed by atoms with Gasteiger partial charge in [-0.2, -0.15) is 5.26 Å². The van der Waals surface area contributed by atoms with Crippen LogP contribution >= 0.6 is 11.8 Å². The van der Waals surface area contributed by atoms with Crippen molar-refractivity contribution in [3.05, 3.63) is 83.9 Å². The summed E-state index contributed by atoms with van der Waals surface area (Å²) in [5.41, 5.74) is 1.65. The van der Waals surface area contributed by atoms with Crippen molar-refractivity contribution in [3.8, 4) is 28.8 Å². The number of methoxy groups -OCH3 is 2. The minimum absolute atomic E-state index is 0.0466. The highest BCUT2D eigenvalue weighted by Gasteiger charge is 2.21. The van der Waals surface area contributed by atoms with Crippen molar-refractivity contribution in [1.82, 2.24) is 9.97 Å². The van der Waals surface area contributed by atoms with E-state index in [1.54, 1.807) is 48.5 Å². The first-order chi connectivity index (χ1) is 18.7. The summed E-state index contributed by atoms with van der Waals surface area (Å²) in [6.45, 7) is 0. The summed E-state index contributed by atoms with van der Waals surface area (Å²) >= 11 is 1.10. The van der Waals surface area contributed by atoms with Crippen LogP contribution in [0.25, 0.3) is 11.3 Å². The Bertz CT molecular complexity index is 1670. The second kappa shape index (κ2) is 12.0. The maximum atomic E-state index is 12.7. The number of sulfonamides is 1. The van der Waals surface area contributed by atoms with E-state index < -0.39 is 10.0 Å². The summed E-state index contributed by atoms with van der Waals surface area (Å²) in [5.74, 6) is 0.977. The number of thioether (sulfide) groups is 1. The zero-order valence-electron chi connectivity index (χ0n) is 20.9. The van der Waals surface area contributed by atoms with Gasteiger partial charge in [0.1, 0.15) is 23.1 Å². The quantitative estimate of drug-likeness (QED) is 0.161. The molecule has 39 heavy (non-hydrogen) atoms. The van der Waals surface area contributed by atoms with Gasteiger partial charge in [-0.25, -0.2) is 23.5 Å². The van der Waals surface area contributed by atoms with Gasteiger partial charge in [-0.3, -0.25) is 4.79 Å². The number of nitrogens with two attached hydrogens (primary N) is 1. The molecule has 0 fully saturated rings. The van der Waals surface area contributed by atoms with Gasteiger partial charge in [0.15, 0.2) is 16.8 Å². The lowest BCUT2D eigenvalue weighted by Crippen LogP contribution is -2.12. The van der Waals surface area contributed by atoms with Crippen molar-refractivity contribution in [2.24, 2.45) is 5.14 Å². The molecule has 1 heterocycles. The molecule has 3 aromatic carbocycles. The number of carbonyl (C=O) groups is 1. The highest BCUT2D eigenvalue weighted by Crippen LogP contribution is 2.37. The van der Waals surface area contributed by atoms with Crippen molar-refractivity contribution < 1.29 is 22.7 Å². The number of hydrogen-bond donors (Lipinski definition) is 2. The molecule has 0 aliphatic carbocycles. The molecule has 4 aromatic rings. The van der Waals surface area contributed by atoms with Crippen molar-refractivity contribution in [3.63, 3.8) is 0 Å². The van der Waals surface area contributed by atoms with Gasteiger partial charge >= 0.3 is 0 Å². The Kier molecular flexibility index (Phi) is 8.46. The van der Waals surface area contributed by atoms with Crippen LogP contribution in [0.15, 0.2) is 82.8 Å². The molecule has 0 aliphatic heterocycles. The summed E-state index contributed by atoms with van der Waals surface area (Å²) in [6, 6.07) is 21.8. The Morgan fingerprint density at radius 2 is 1.79 bits per heavy atom. The molecule has 10 nitrogen and oxygen atoms in total. The lowest BCUT2D eigenvalue weighted by Gasteiger charge is -2.15. The minimum Gasteiger partial charge on any atom is -0.497 e. The van der Waals surface area contributed by atoms with E-state index in [-0.39, 0.29) is 38.7 Å². The smallest absolute Gasteiger partial charge is 0.238 e. The molecular formula is C27H23N5O5S2. The van der Waals surface area contributed by atoms with Gasteiger partial charge in [0.05, 0.1) is 30.6 Å². The van der Waals surface area contributed by atoms with Gasteiger partial charge in [0.25, 0.3) is 0 Å². The zero-order chi connectivity index (χ0) is 28.0. The Morgan fingerprint density at radius 3 is 2.46 bits per heavy atom. The topological polar surface area (TPSA) is 157 Å². The lowest BCUT2D eigenvalue weighted by molar-refractivity contribution is 0.102. The van der Waals surface area contributed by atoms with Crippen LogP contribution in [0, 0.1) is 11.3 Å². The van der Waals surface area contributed by atoms with Crippen LogP contribution in [0.5, 0.6) is 11.5 Å². The van der Waals surface area contributed by atoms with Gasteiger partial charge in [0, 0.05) is 16.8 Å². The number of rotatable bonds is 10. The number of primary sulfonamides is 1. The SMILES string of the molecule is COc1ccc(OC)c(-c2nc(SCC(=O)c3ccccc3)nc(Nc3cccc(S(N)(=O)=O)c3)c2C#N)c1. The molecule has 0 unspecified atom stereocenters. The van der Waals surface area contributed by atoms with Gasteiger partial charge < -0.3 is 14.8 Å². The zero-order valence-corrected chi connectivity index (χ0v) is 22.5. The number of nitriles is 1. The van der Waals surface area contributed by atoms with Crippen LogP contribution in [-0.2, 0) is 10.0 Å². The van der Waals surface area contributed by atoms with E-state index in [4.69, 9.17) is 14.6 Å². The van der Waals surface area contributed by atoms with E-state index in [1.165, 1.54) is 32.4 Å². The Morgan fingerprint density at radius 1 is 1.03 bits per heavy atom. The monoisotopic (exact) mass is 561 g/mol. The molecule has 4 rings (SSSR count). The largest absolute Gasteiger partial charge is 0.497 e. The van der Waals surface area contributed by atoms with Crippen molar-refractivity contribution in [2.45, 2.75) is 10.1 Å². The molecule has 1 aromatic heterocycles. The summed E-state index contributed by atoms with van der Waals surface area (Å²) in [7, 11) is -0.960. The normalized spacial score (nSPS) is 10.9. The lowest BCUT2D eigenvalue weighted by atomic mass is 10.1. The maximum absolute atomic E-state index is 12.7. The molecule has 0 spiro atoms. The first kappa shape index (κ1) is 27.6. The van der Waals surface area contributed by atoms with E-state index in [9.17, 15) is 18.5 Å². The highest BCUT2D eigenvalue weighted by atomic mass is 32.2. The predicted molar refractivity (Wildman–Crippen MR) is 148 cm³/mol. The molecule has 12 heteroatoms. The molecule has 0 saturated carbocycles. The van der Waals surface area contributed by atoms with E-state index in [2.05, 4.69) is 21.4 Å². The second-order valence-corrected chi connectivity index (χ2v) is 10.5. The summed E-state index contributed by atoms with van der Waals surface area (Å²) < 4.78 is 34.6. The number of ketones is 1. The molecule has 3 N–H and O–H groups in total. The van der Waals surface area contributed by atoms with Gasteiger partial charge in [-0.1, -0.05) is 48.2 Å². The second-order valence-electron chi connectivity index (χ2n) is 8.03. The number of ether oxygens (including phenoxy) is 2. The van der Waals surface area contributed by atoms with Crippen molar-refractivity contribution in [2.75, 3.05) is 25.3 Å². The Hall–Kier alpha value is -4.44. The summed E-state index contributed by atoms with van der Waals surface area (Å²) in [5, 5.41) is 18.7. The number of hydrogen-bond acceptors (Lipinski definition) is 10. The van der Waals surface area contributed by atoms with E-state index in [0.29, 0.717) is 28.3 Å². The van der Waals surface area contributed by atoms with Gasteiger partial charge in [-0.05, 0) is 36.4 Å². The number of nitrogens with zero attached hydrogens (tertiary/aromatic N) is 3. The Balaban J connectivity index is 1.82. The molecular weight excluding hydrogens is 538 g/mol. The first-order valence-corrected chi connectivity index (χ1v) is 13.9. The number of aromatic nitrogens is 2. The van der Waals surface area contributed by atoms with E-state index in [1.807, 2.05) is 6.07 Å². The van der Waals surface area contributed by atoms with Gasteiger partial charge in [-0.15, -0.1) is 0 Å². The number of anilines is 2. The van der Waals surface area contributed by atoms with E-state index >= 15 is 0 Å². The van der Waals surface area contributed by atoms with E-state index in [0.717, 1.165) is 11.8 Å². The third kappa shape index (κ3) is 6.53. The third-order valence-corrected chi connectivity index (χ3v) is 7.27. The fraction of sp³-hybridized carbons (Fsp3) is 0.111. The average molecular weight is 562 g/mol. The van der Waals surface area contributed by atoms with Crippen molar-refractivity contribution in [1.29, 1.82) is 5.26 Å². The van der Waals surface area contributed by atoms with Crippen LogP contribution < -0.4 is 19.9 Å². The van der Waals surface area contributed by atoms with Crippen LogP contribution in [0.4, 0.5) is 11.5 Å². The molecule has 0 amide bonds. The average Bonchev–Trinajstić information content (AvgIpc) is 2.95. The number of carbonyl (C=O) groups excluding carboxylic acids is 1. The summed E-state index contributed by atoms with van der Waals surface area (Å²) in [6.07, 6.45) is 0. The van der Waals surface area contributed by atoms with Crippen molar-refractivity contribution >= 4 is 39.1 Å². The van der Waals surface area contributed by atoms with Crippen LogP contribution in [0.3, 0.4) is 0 Å². The molecule has 0 radical (unpaired) electrons. The van der Waals surface area contributed by atoms with Crippen LogP contribution in [-0.4, -0.2) is 44.1 Å². The minimum atomic E-state index is -3.96. The Labute approximate surface area is 229 Å². The maximum Gasteiger partial charge on any atom is 0.238 e. The number of Topliss-reactive ketones (excluding diaryl/α,β-unsaturated/α-hetero) is 1. The number of nitrogens with one attached hydrogen (secondary N) is 1. The molecule has 0 saturated heterocycles. The predicted octanol–water partition coefficient (Wildman–Crippen LogP) is 4.40. The van der Waals surface area contributed by atoms with Crippen LogP contribution in [0.2, 0.25) is 0 Å². The fourth-order valence-electron chi connectivity index (χ4n) is 3.62.